The number of para-hydroxylation sites is 1. The molecule has 0 N–H and O–H groups in total. The van der Waals surface area contributed by atoms with Crippen LogP contribution in [-0.4, -0.2) is 14.0 Å². The predicted octanol–water partition coefficient (Wildman–Crippen LogP) is 4.11. The van der Waals surface area contributed by atoms with E-state index < -0.39 is 22.4 Å². The van der Waals surface area contributed by atoms with Crippen LogP contribution in [0.5, 0.6) is 0 Å². The van der Waals surface area contributed by atoms with Crippen molar-refractivity contribution in [1.82, 2.24) is 9.78 Å². The zero-order valence-electron chi connectivity index (χ0n) is 11.7. The SMILES string of the molecule is O=S(Cc1ccn(-c2c(F)cccc2F)n1)c1ccc(Cl)cc1. The van der Waals surface area contributed by atoms with E-state index in [-0.39, 0.29) is 11.4 Å². The van der Waals surface area contributed by atoms with E-state index >= 15 is 0 Å². The number of benzene rings is 2. The summed E-state index contributed by atoms with van der Waals surface area (Å²) in [5.41, 5.74) is 0.219. The number of halogens is 3. The summed E-state index contributed by atoms with van der Waals surface area (Å²) >= 11 is 5.79. The third-order valence-corrected chi connectivity index (χ3v) is 4.77. The Hall–Kier alpha value is -2.05. The number of rotatable bonds is 4. The normalized spacial score (nSPS) is 12.3. The van der Waals surface area contributed by atoms with Gasteiger partial charge < -0.3 is 0 Å². The molecular formula is C16H11ClF2N2OS. The Bertz CT molecular complexity index is 845. The van der Waals surface area contributed by atoms with Gasteiger partial charge in [0.2, 0.25) is 0 Å². The molecule has 0 spiro atoms. The molecule has 1 atom stereocenters. The fraction of sp³-hybridized carbons (Fsp3) is 0.0625. The van der Waals surface area contributed by atoms with Gasteiger partial charge in [-0.15, -0.1) is 0 Å². The van der Waals surface area contributed by atoms with Crippen LogP contribution in [0.3, 0.4) is 0 Å². The highest BCUT2D eigenvalue weighted by atomic mass is 35.5. The Morgan fingerprint density at radius 1 is 1.04 bits per heavy atom. The van der Waals surface area contributed by atoms with Gasteiger partial charge in [0, 0.05) is 16.1 Å². The Labute approximate surface area is 139 Å². The molecule has 3 nitrogen and oxygen atoms in total. The van der Waals surface area contributed by atoms with Gasteiger partial charge in [-0.25, -0.2) is 13.5 Å². The van der Waals surface area contributed by atoms with Gasteiger partial charge >= 0.3 is 0 Å². The first kappa shape index (κ1) is 15.8. The summed E-state index contributed by atoms with van der Waals surface area (Å²) in [6.45, 7) is 0. The van der Waals surface area contributed by atoms with Crippen LogP contribution < -0.4 is 0 Å². The minimum Gasteiger partial charge on any atom is -0.254 e. The topological polar surface area (TPSA) is 34.9 Å². The summed E-state index contributed by atoms with van der Waals surface area (Å²) in [4.78, 5) is 0.612. The minimum absolute atomic E-state index is 0.144. The fourth-order valence-corrected chi connectivity index (χ4v) is 3.23. The Morgan fingerprint density at radius 3 is 2.35 bits per heavy atom. The molecule has 23 heavy (non-hydrogen) atoms. The lowest BCUT2D eigenvalue weighted by Gasteiger charge is -2.04. The number of nitrogens with zero attached hydrogens (tertiary/aromatic N) is 2. The zero-order chi connectivity index (χ0) is 16.4. The van der Waals surface area contributed by atoms with Crippen LogP contribution in [0.2, 0.25) is 5.02 Å². The van der Waals surface area contributed by atoms with Gasteiger partial charge in [0.15, 0.2) is 11.6 Å². The summed E-state index contributed by atoms with van der Waals surface area (Å²) in [5, 5.41) is 4.66. The zero-order valence-corrected chi connectivity index (χ0v) is 13.3. The van der Waals surface area contributed by atoms with Crippen molar-refractivity contribution < 1.29 is 13.0 Å². The number of hydrogen-bond donors (Lipinski definition) is 0. The highest BCUT2D eigenvalue weighted by molar-refractivity contribution is 7.84. The van der Waals surface area contributed by atoms with Crippen molar-refractivity contribution in [2.45, 2.75) is 10.6 Å². The van der Waals surface area contributed by atoms with E-state index in [9.17, 15) is 13.0 Å². The molecule has 0 amide bonds. The largest absolute Gasteiger partial charge is 0.254 e. The molecule has 3 aromatic rings. The quantitative estimate of drug-likeness (QED) is 0.708. The molecule has 1 aromatic heterocycles. The molecule has 0 aliphatic carbocycles. The summed E-state index contributed by atoms with van der Waals surface area (Å²) in [6.07, 6.45) is 1.44. The van der Waals surface area contributed by atoms with Crippen LogP contribution >= 0.6 is 11.6 Å². The van der Waals surface area contributed by atoms with Crippen molar-refractivity contribution >= 4 is 22.4 Å². The maximum Gasteiger partial charge on any atom is 0.151 e. The molecule has 1 unspecified atom stereocenters. The summed E-state index contributed by atoms with van der Waals surface area (Å²) in [7, 11) is -1.32. The van der Waals surface area contributed by atoms with Gasteiger partial charge in [-0.05, 0) is 42.5 Å². The third kappa shape index (κ3) is 3.48. The Morgan fingerprint density at radius 2 is 1.70 bits per heavy atom. The van der Waals surface area contributed by atoms with Crippen molar-refractivity contribution in [2.24, 2.45) is 0 Å². The van der Waals surface area contributed by atoms with E-state index in [1.165, 1.54) is 12.3 Å². The number of aromatic nitrogens is 2. The van der Waals surface area contributed by atoms with Gasteiger partial charge in [0.25, 0.3) is 0 Å². The lowest BCUT2D eigenvalue weighted by molar-refractivity contribution is 0.559. The first-order chi connectivity index (χ1) is 11.0. The van der Waals surface area contributed by atoms with Gasteiger partial charge in [-0.2, -0.15) is 5.10 Å². The van der Waals surface area contributed by atoms with Gasteiger partial charge in [0.05, 0.1) is 22.2 Å². The molecule has 0 aliphatic rings. The van der Waals surface area contributed by atoms with Crippen molar-refractivity contribution in [1.29, 1.82) is 0 Å². The molecule has 0 saturated carbocycles. The number of hydrogen-bond acceptors (Lipinski definition) is 2. The summed E-state index contributed by atoms with van der Waals surface area (Å²) < 4.78 is 40.9. The molecular weight excluding hydrogens is 342 g/mol. The highest BCUT2D eigenvalue weighted by Crippen LogP contribution is 2.19. The van der Waals surface area contributed by atoms with Crippen LogP contribution in [-0.2, 0) is 16.6 Å². The van der Waals surface area contributed by atoms with E-state index in [0.29, 0.717) is 15.6 Å². The highest BCUT2D eigenvalue weighted by Gasteiger charge is 2.13. The molecule has 3 rings (SSSR count). The average molecular weight is 353 g/mol. The molecule has 2 aromatic carbocycles. The Balaban J connectivity index is 1.82. The van der Waals surface area contributed by atoms with E-state index in [4.69, 9.17) is 11.6 Å². The van der Waals surface area contributed by atoms with Gasteiger partial charge in [0.1, 0.15) is 5.69 Å². The lowest BCUT2D eigenvalue weighted by Crippen LogP contribution is -2.04. The van der Waals surface area contributed by atoms with Crippen LogP contribution in [0.25, 0.3) is 5.69 Å². The molecule has 0 radical (unpaired) electrons. The monoisotopic (exact) mass is 352 g/mol. The minimum atomic E-state index is -1.32. The first-order valence-corrected chi connectivity index (χ1v) is 8.37. The molecule has 0 aliphatic heterocycles. The summed E-state index contributed by atoms with van der Waals surface area (Å²) in [6, 6.07) is 11.8. The lowest BCUT2D eigenvalue weighted by atomic mass is 10.3. The van der Waals surface area contributed by atoms with Crippen LogP contribution in [0.4, 0.5) is 8.78 Å². The van der Waals surface area contributed by atoms with E-state index in [0.717, 1.165) is 16.8 Å². The second-order valence-corrected chi connectivity index (χ2v) is 6.65. The maximum atomic E-state index is 13.7. The van der Waals surface area contributed by atoms with E-state index in [1.807, 2.05) is 0 Å². The van der Waals surface area contributed by atoms with Crippen LogP contribution in [0.15, 0.2) is 59.6 Å². The Kier molecular flexibility index (Phi) is 4.54. The average Bonchev–Trinajstić information content (AvgIpc) is 2.96. The van der Waals surface area contributed by atoms with Crippen molar-refractivity contribution in [3.8, 4) is 5.69 Å². The molecule has 118 valence electrons. The first-order valence-electron chi connectivity index (χ1n) is 6.67. The second kappa shape index (κ2) is 6.60. The van der Waals surface area contributed by atoms with Crippen LogP contribution in [0, 0.1) is 11.6 Å². The smallest absolute Gasteiger partial charge is 0.151 e. The van der Waals surface area contributed by atoms with Gasteiger partial charge in [-0.3, -0.25) is 4.21 Å². The predicted molar refractivity (Wildman–Crippen MR) is 85.0 cm³/mol. The molecule has 1 heterocycles. The van der Waals surface area contributed by atoms with Crippen molar-refractivity contribution in [2.75, 3.05) is 0 Å². The van der Waals surface area contributed by atoms with E-state index in [1.54, 1.807) is 30.3 Å². The van der Waals surface area contributed by atoms with E-state index in [2.05, 4.69) is 5.10 Å². The molecule has 0 bridgehead atoms. The third-order valence-electron chi connectivity index (χ3n) is 3.17. The van der Waals surface area contributed by atoms with Crippen molar-refractivity contribution in [3.05, 3.63) is 77.1 Å². The second-order valence-electron chi connectivity index (χ2n) is 4.77. The van der Waals surface area contributed by atoms with Gasteiger partial charge in [-0.1, -0.05) is 17.7 Å². The molecule has 0 fully saturated rings. The molecule has 7 heteroatoms. The maximum absolute atomic E-state index is 13.7. The summed E-state index contributed by atoms with van der Waals surface area (Å²) in [5.74, 6) is -1.28. The molecule has 0 saturated heterocycles. The standard InChI is InChI=1S/C16H11ClF2N2OS/c17-11-4-6-13(7-5-11)23(22)10-12-8-9-21(20-12)16-14(18)2-1-3-15(16)19/h1-9H,10H2. The van der Waals surface area contributed by atoms with Crippen molar-refractivity contribution in [3.63, 3.8) is 0 Å². The van der Waals surface area contributed by atoms with Crippen LogP contribution in [0.1, 0.15) is 5.69 Å². The fourth-order valence-electron chi connectivity index (χ4n) is 2.08.